The maximum atomic E-state index is 10.5. The SMILES string of the molecule is C=CCN(C=O)C=Nc1ccccc1. The van der Waals surface area contributed by atoms with E-state index in [1.807, 2.05) is 30.3 Å². The van der Waals surface area contributed by atoms with Crippen molar-refractivity contribution >= 4 is 18.4 Å². The maximum absolute atomic E-state index is 10.5. The van der Waals surface area contributed by atoms with Crippen molar-refractivity contribution in [1.29, 1.82) is 0 Å². The lowest BCUT2D eigenvalue weighted by Crippen LogP contribution is -2.19. The first-order valence-electron chi connectivity index (χ1n) is 4.28. The first-order valence-corrected chi connectivity index (χ1v) is 4.28. The quantitative estimate of drug-likeness (QED) is 0.301. The molecule has 0 aliphatic heterocycles. The molecule has 0 saturated heterocycles. The summed E-state index contributed by atoms with van der Waals surface area (Å²) in [5, 5.41) is 0. The van der Waals surface area contributed by atoms with Crippen LogP contribution in [0.4, 0.5) is 5.69 Å². The summed E-state index contributed by atoms with van der Waals surface area (Å²) in [5.74, 6) is 0. The first kappa shape index (κ1) is 10.2. The lowest BCUT2D eigenvalue weighted by molar-refractivity contribution is -0.114. The van der Waals surface area contributed by atoms with Crippen LogP contribution in [0.15, 0.2) is 48.0 Å². The van der Waals surface area contributed by atoms with Gasteiger partial charge in [0.25, 0.3) is 0 Å². The van der Waals surface area contributed by atoms with E-state index in [4.69, 9.17) is 0 Å². The number of hydrogen-bond acceptors (Lipinski definition) is 2. The van der Waals surface area contributed by atoms with Crippen LogP contribution in [0.5, 0.6) is 0 Å². The Morgan fingerprint density at radius 2 is 2.07 bits per heavy atom. The number of benzene rings is 1. The Balaban J connectivity index is 2.62. The molecule has 3 heteroatoms. The molecule has 72 valence electrons. The topological polar surface area (TPSA) is 32.7 Å². The van der Waals surface area contributed by atoms with E-state index in [-0.39, 0.29) is 0 Å². The smallest absolute Gasteiger partial charge is 0.215 e. The number of rotatable bonds is 5. The van der Waals surface area contributed by atoms with Gasteiger partial charge in [-0.25, -0.2) is 4.99 Å². The number of amides is 1. The third-order valence-corrected chi connectivity index (χ3v) is 1.59. The van der Waals surface area contributed by atoms with Gasteiger partial charge in [0.05, 0.1) is 12.0 Å². The van der Waals surface area contributed by atoms with E-state index < -0.39 is 0 Å². The van der Waals surface area contributed by atoms with Crippen LogP contribution in [0.25, 0.3) is 0 Å². The summed E-state index contributed by atoms with van der Waals surface area (Å²) in [6.45, 7) is 4.01. The van der Waals surface area contributed by atoms with Gasteiger partial charge in [-0.15, -0.1) is 6.58 Å². The van der Waals surface area contributed by atoms with E-state index in [0.717, 1.165) is 5.69 Å². The highest BCUT2D eigenvalue weighted by Crippen LogP contribution is 2.08. The number of carbonyl (C=O) groups is 1. The summed E-state index contributed by atoms with van der Waals surface area (Å²) in [6.07, 6.45) is 3.85. The summed E-state index contributed by atoms with van der Waals surface area (Å²) in [6, 6.07) is 9.44. The van der Waals surface area contributed by atoms with Crippen molar-refractivity contribution in [3.05, 3.63) is 43.0 Å². The Morgan fingerprint density at radius 1 is 1.36 bits per heavy atom. The second-order valence-corrected chi connectivity index (χ2v) is 2.67. The fourth-order valence-electron chi connectivity index (χ4n) is 0.921. The van der Waals surface area contributed by atoms with Gasteiger partial charge in [0, 0.05) is 6.54 Å². The van der Waals surface area contributed by atoms with Crippen LogP contribution < -0.4 is 0 Å². The average molecular weight is 188 g/mol. The molecule has 0 atom stereocenters. The van der Waals surface area contributed by atoms with Crippen molar-refractivity contribution in [2.45, 2.75) is 0 Å². The number of hydrogen-bond donors (Lipinski definition) is 0. The highest BCUT2D eigenvalue weighted by atomic mass is 16.1. The van der Waals surface area contributed by atoms with Gasteiger partial charge in [-0.05, 0) is 12.1 Å². The molecule has 3 nitrogen and oxygen atoms in total. The summed E-state index contributed by atoms with van der Waals surface area (Å²) in [4.78, 5) is 16.0. The van der Waals surface area contributed by atoms with E-state index in [1.165, 1.54) is 11.2 Å². The molecule has 0 aliphatic carbocycles. The Labute approximate surface area is 83.4 Å². The largest absolute Gasteiger partial charge is 0.302 e. The molecule has 0 fully saturated rings. The standard InChI is InChI=1S/C11H12N2O/c1-2-8-13(10-14)9-12-11-6-4-3-5-7-11/h2-7,9-10H,1,8H2. The number of para-hydroxylation sites is 1. The molecule has 0 heterocycles. The van der Waals surface area contributed by atoms with E-state index in [1.54, 1.807) is 6.08 Å². The van der Waals surface area contributed by atoms with Gasteiger partial charge in [-0.3, -0.25) is 4.79 Å². The van der Waals surface area contributed by atoms with E-state index in [0.29, 0.717) is 13.0 Å². The minimum Gasteiger partial charge on any atom is -0.302 e. The molecule has 0 aliphatic rings. The molecule has 0 spiro atoms. The molecule has 1 rings (SSSR count). The lowest BCUT2D eigenvalue weighted by Gasteiger charge is -2.06. The molecule has 1 aromatic rings. The first-order chi connectivity index (χ1) is 6.86. The normalized spacial score (nSPS) is 10.0. The zero-order chi connectivity index (χ0) is 10.2. The predicted octanol–water partition coefficient (Wildman–Crippen LogP) is 1.99. The summed E-state index contributed by atoms with van der Waals surface area (Å²) in [5.41, 5.74) is 0.823. The fraction of sp³-hybridized carbons (Fsp3) is 0.0909. The van der Waals surface area contributed by atoms with Crippen LogP contribution in [0, 0.1) is 0 Å². The van der Waals surface area contributed by atoms with Gasteiger partial charge in [0.1, 0.15) is 0 Å². The van der Waals surface area contributed by atoms with E-state index in [9.17, 15) is 4.79 Å². The molecular weight excluding hydrogens is 176 g/mol. The number of aliphatic imine (C=N–C) groups is 1. The molecule has 1 amide bonds. The minimum absolute atomic E-state index is 0.472. The highest BCUT2D eigenvalue weighted by molar-refractivity contribution is 5.74. The Kier molecular flexibility index (Phi) is 4.14. The number of nitrogens with zero attached hydrogens (tertiary/aromatic N) is 2. The van der Waals surface area contributed by atoms with Gasteiger partial charge >= 0.3 is 0 Å². The molecular formula is C11H12N2O. The second-order valence-electron chi connectivity index (χ2n) is 2.67. The lowest BCUT2D eigenvalue weighted by atomic mass is 10.3. The number of carbonyl (C=O) groups excluding carboxylic acids is 1. The molecule has 0 unspecified atom stereocenters. The molecule has 1 aromatic carbocycles. The van der Waals surface area contributed by atoms with Crippen LogP contribution >= 0.6 is 0 Å². The van der Waals surface area contributed by atoms with Crippen molar-refractivity contribution in [3.8, 4) is 0 Å². The zero-order valence-electron chi connectivity index (χ0n) is 7.84. The second kappa shape index (κ2) is 5.70. The van der Waals surface area contributed by atoms with Gasteiger partial charge < -0.3 is 4.90 Å². The van der Waals surface area contributed by atoms with Crippen LogP contribution in [0.3, 0.4) is 0 Å². The van der Waals surface area contributed by atoms with E-state index in [2.05, 4.69) is 11.6 Å². The van der Waals surface area contributed by atoms with Crippen LogP contribution in [0.1, 0.15) is 0 Å². The molecule has 0 aromatic heterocycles. The minimum atomic E-state index is 0.472. The van der Waals surface area contributed by atoms with Crippen LogP contribution in [0.2, 0.25) is 0 Å². The van der Waals surface area contributed by atoms with Crippen molar-refractivity contribution in [2.75, 3.05) is 6.54 Å². The van der Waals surface area contributed by atoms with Gasteiger partial charge in [-0.1, -0.05) is 24.3 Å². The molecule has 0 radical (unpaired) electrons. The zero-order valence-corrected chi connectivity index (χ0v) is 7.84. The molecule has 0 bridgehead atoms. The fourth-order valence-corrected chi connectivity index (χ4v) is 0.921. The summed E-state index contributed by atoms with van der Waals surface area (Å²) >= 11 is 0. The summed E-state index contributed by atoms with van der Waals surface area (Å²) in [7, 11) is 0. The third kappa shape index (κ3) is 3.23. The molecule has 0 saturated carbocycles. The highest BCUT2D eigenvalue weighted by Gasteiger charge is 1.92. The maximum Gasteiger partial charge on any atom is 0.215 e. The Morgan fingerprint density at radius 3 is 2.64 bits per heavy atom. The van der Waals surface area contributed by atoms with E-state index >= 15 is 0 Å². The van der Waals surface area contributed by atoms with Crippen molar-refractivity contribution in [2.24, 2.45) is 4.99 Å². The third-order valence-electron chi connectivity index (χ3n) is 1.59. The van der Waals surface area contributed by atoms with Gasteiger partial charge in [-0.2, -0.15) is 0 Å². The van der Waals surface area contributed by atoms with Crippen LogP contribution in [-0.2, 0) is 4.79 Å². The molecule has 0 N–H and O–H groups in total. The van der Waals surface area contributed by atoms with Crippen molar-refractivity contribution in [1.82, 2.24) is 4.90 Å². The Bertz CT molecular complexity index is 319. The van der Waals surface area contributed by atoms with Crippen molar-refractivity contribution in [3.63, 3.8) is 0 Å². The van der Waals surface area contributed by atoms with Crippen LogP contribution in [-0.4, -0.2) is 24.2 Å². The van der Waals surface area contributed by atoms with Gasteiger partial charge in [0.2, 0.25) is 6.41 Å². The predicted molar refractivity (Wildman–Crippen MR) is 57.6 cm³/mol. The average Bonchev–Trinajstić information content (AvgIpc) is 2.25. The summed E-state index contributed by atoms with van der Waals surface area (Å²) < 4.78 is 0. The monoisotopic (exact) mass is 188 g/mol. The van der Waals surface area contributed by atoms with Crippen molar-refractivity contribution < 1.29 is 4.79 Å². The van der Waals surface area contributed by atoms with Gasteiger partial charge in [0.15, 0.2) is 0 Å². The Hall–Kier alpha value is -1.90. The molecule has 14 heavy (non-hydrogen) atoms.